The Kier molecular flexibility index (Phi) is 2.81. The molecule has 2 nitrogen and oxygen atoms in total. The first-order valence-electron chi connectivity index (χ1n) is 4.39. The van der Waals surface area contributed by atoms with Gasteiger partial charge in [0.1, 0.15) is 10.2 Å². The third-order valence-electron chi connectivity index (χ3n) is 2.61. The molecule has 1 fully saturated rings. The van der Waals surface area contributed by atoms with E-state index in [0.29, 0.717) is 5.56 Å². The molecule has 0 amide bonds. The predicted molar refractivity (Wildman–Crippen MR) is 57.1 cm³/mol. The van der Waals surface area contributed by atoms with Crippen molar-refractivity contribution in [2.45, 2.75) is 10.3 Å². The Morgan fingerprint density at radius 3 is 2.50 bits per heavy atom. The molecule has 1 aliphatic carbocycles. The van der Waals surface area contributed by atoms with Crippen LogP contribution in [0.1, 0.15) is 11.5 Å². The van der Waals surface area contributed by atoms with Gasteiger partial charge < -0.3 is 9.90 Å². The van der Waals surface area contributed by atoms with E-state index in [1.807, 2.05) is 0 Å². The number of hydrogen-bond donors (Lipinski definition) is 0. The number of rotatable bonds is 2. The summed E-state index contributed by atoms with van der Waals surface area (Å²) in [6, 6.07) is 3.88. The molecule has 0 spiro atoms. The molecule has 0 unspecified atom stereocenters. The van der Waals surface area contributed by atoms with Crippen molar-refractivity contribution in [1.82, 2.24) is 0 Å². The fourth-order valence-corrected chi connectivity index (χ4v) is 2.74. The molecule has 86 valence electrons. The van der Waals surface area contributed by atoms with Crippen LogP contribution in [0.3, 0.4) is 0 Å². The largest absolute Gasteiger partial charge is 0.550 e. The topological polar surface area (TPSA) is 40.1 Å². The van der Waals surface area contributed by atoms with Crippen LogP contribution in [0.2, 0.25) is 5.02 Å². The van der Waals surface area contributed by atoms with E-state index >= 15 is 0 Å². The van der Waals surface area contributed by atoms with Crippen LogP contribution >= 0.6 is 34.8 Å². The average molecular weight is 283 g/mol. The Hall–Kier alpha value is -0.510. The van der Waals surface area contributed by atoms with Crippen molar-refractivity contribution in [2.24, 2.45) is 5.92 Å². The van der Waals surface area contributed by atoms with Crippen LogP contribution in [0.15, 0.2) is 18.2 Å². The third-order valence-corrected chi connectivity index (χ3v) is 3.84. The maximum Gasteiger partial charge on any atom is 0.141 e. The number of benzene rings is 1. The smallest absolute Gasteiger partial charge is 0.141 e. The van der Waals surface area contributed by atoms with Crippen LogP contribution < -0.4 is 5.11 Å². The summed E-state index contributed by atoms with van der Waals surface area (Å²) in [4.78, 5) is 10.7. The van der Waals surface area contributed by atoms with Gasteiger partial charge in [-0.1, -0.05) is 17.7 Å². The van der Waals surface area contributed by atoms with Gasteiger partial charge >= 0.3 is 0 Å². The van der Waals surface area contributed by atoms with Gasteiger partial charge in [0.2, 0.25) is 0 Å². The van der Waals surface area contributed by atoms with Gasteiger partial charge in [0.05, 0.1) is 5.02 Å². The molecule has 16 heavy (non-hydrogen) atoms. The molecular formula is C10H5Cl3FO2-. The number of carbonyl (C=O) groups is 1. The number of alkyl halides is 2. The number of hydrogen-bond acceptors (Lipinski definition) is 2. The summed E-state index contributed by atoms with van der Waals surface area (Å²) in [5.74, 6) is -3.50. The summed E-state index contributed by atoms with van der Waals surface area (Å²) < 4.78 is 11.5. The fraction of sp³-hybridized carbons (Fsp3) is 0.300. The van der Waals surface area contributed by atoms with Crippen molar-refractivity contribution in [3.05, 3.63) is 34.6 Å². The lowest BCUT2D eigenvalue weighted by Crippen LogP contribution is -2.26. The molecular weight excluding hydrogens is 277 g/mol. The van der Waals surface area contributed by atoms with E-state index in [0.717, 1.165) is 6.07 Å². The van der Waals surface area contributed by atoms with Gasteiger partial charge in [-0.15, -0.1) is 23.2 Å². The van der Waals surface area contributed by atoms with Crippen LogP contribution in [0.25, 0.3) is 0 Å². The molecule has 1 aromatic carbocycles. The molecule has 2 rings (SSSR count). The van der Waals surface area contributed by atoms with Crippen molar-refractivity contribution in [1.29, 1.82) is 0 Å². The highest BCUT2D eigenvalue weighted by atomic mass is 35.5. The van der Waals surface area contributed by atoms with Crippen molar-refractivity contribution in [2.75, 3.05) is 0 Å². The van der Waals surface area contributed by atoms with Gasteiger partial charge in [0.25, 0.3) is 0 Å². The van der Waals surface area contributed by atoms with Crippen molar-refractivity contribution in [3.8, 4) is 0 Å². The molecule has 0 aromatic heterocycles. The van der Waals surface area contributed by atoms with Crippen LogP contribution in [0.5, 0.6) is 0 Å². The van der Waals surface area contributed by atoms with Gasteiger partial charge in [-0.25, -0.2) is 4.39 Å². The number of aliphatic carboxylic acids is 1. The standard InChI is InChI=1S/C10H6Cl3FO2/c11-5-3-4(1-2-6(5)14)7-8(9(15)16)10(7,12)13/h1-3,7-8H,(H,15,16)/p-1/t7-,8+/m0/s1. The lowest BCUT2D eigenvalue weighted by molar-refractivity contribution is -0.308. The Balaban J connectivity index is 2.33. The monoisotopic (exact) mass is 281 g/mol. The molecule has 0 radical (unpaired) electrons. The summed E-state index contributed by atoms with van der Waals surface area (Å²) in [5.41, 5.74) is 0.491. The van der Waals surface area contributed by atoms with E-state index in [1.54, 1.807) is 0 Å². The van der Waals surface area contributed by atoms with Crippen LogP contribution in [0, 0.1) is 11.7 Å². The maximum absolute atomic E-state index is 12.9. The first-order valence-corrected chi connectivity index (χ1v) is 5.52. The molecule has 1 aromatic rings. The first-order chi connectivity index (χ1) is 7.35. The summed E-state index contributed by atoms with van der Waals surface area (Å²) in [7, 11) is 0. The molecule has 0 bridgehead atoms. The lowest BCUT2D eigenvalue weighted by atomic mass is 10.1. The minimum absolute atomic E-state index is 0.0920. The second-order valence-corrected chi connectivity index (χ2v) is 5.47. The Labute approximate surface area is 106 Å². The lowest BCUT2D eigenvalue weighted by Gasteiger charge is -2.02. The second-order valence-electron chi connectivity index (χ2n) is 3.62. The average Bonchev–Trinajstić information content (AvgIpc) is 2.74. The normalized spacial score (nSPS) is 26.5. The zero-order valence-corrected chi connectivity index (χ0v) is 9.98. The highest BCUT2D eigenvalue weighted by molar-refractivity contribution is 6.53. The minimum atomic E-state index is -1.40. The van der Waals surface area contributed by atoms with Crippen LogP contribution in [-0.4, -0.2) is 10.3 Å². The van der Waals surface area contributed by atoms with E-state index < -0.39 is 28.0 Å². The summed E-state index contributed by atoms with van der Waals surface area (Å²) in [5, 5.41) is 10.6. The molecule has 1 aliphatic rings. The molecule has 6 heteroatoms. The summed E-state index contributed by atoms with van der Waals surface area (Å²) >= 11 is 17.2. The van der Waals surface area contributed by atoms with Crippen molar-refractivity contribution >= 4 is 40.8 Å². The highest BCUT2D eigenvalue weighted by Crippen LogP contribution is 2.64. The van der Waals surface area contributed by atoms with E-state index in [2.05, 4.69) is 0 Å². The van der Waals surface area contributed by atoms with Crippen molar-refractivity contribution in [3.63, 3.8) is 0 Å². The van der Waals surface area contributed by atoms with Crippen LogP contribution in [0.4, 0.5) is 4.39 Å². The fourth-order valence-electron chi connectivity index (χ4n) is 1.74. The second kappa shape index (κ2) is 3.76. The number of carboxylic acids is 1. The number of halogens is 4. The van der Waals surface area contributed by atoms with E-state index in [1.165, 1.54) is 12.1 Å². The number of carboxylic acid groups (broad SMARTS) is 1. The maximum atomic E-state index is 12.9. The van der Waals surface area contributed by atoms with E-state index in [9.17, 15) is 14.3 Å². The van der Waals surface area contributed by atoms with Gasteiger partial charge in [-0.05, 0) is 17.7 Å². The van der Waals surface area contributed by atoms with Gasteiger partial charge in [-0.3, -0.25) is 0 Å². The Morgan fingerprint density at radius 2 is 2.06 bits per heavy atom. The molecule has 1 saturated carbocycles. The number of carbonyl (C=O) groups excluding carboxylic acids is 1. The third kappa shape index (κ3) is 1.77. The van der Waals surface area contributed by atoms with Gasteiger partial charge in [0, 0.05) is 17.8 Å². The zero-order chi connectivity index (χ0) is 12.1. The predicted octanol–water partition coefficient (Wildman–Crippen LogP) is 2.12. The summed E-state index contributed by atoms with van der Waals surface area (Å²) in [6.07, 6.45) is 0. The summed E-state index contributed by atoms with van der Waals surface area (Å²) in [6.45, 7) is 0. The van der Waals surface area contributed by atoms with Gasteiger partial charge in [0.15, 0.2) is 0 Å². The minimum Gasteiger partial charge on any atom is -0.550 e. The highest BCUT2D eigenvalue weighted by Gasteiger charge is 2.64. The first kappa shape index (κ1) is 12.0. The molecule has 2 atom stereocenters. The van der Waals surface area contributed by atoms with E-state index in [4.69, 9.17) is 34.8 Å². The Bertz CT molecular complexity index is 461. The molecule has 0 N–H and O–H groups in total. The van der Waals surface area contributed by atoms with Crippen LogP contribution in [-0.2, 0) is 4.79 Å². The Morgan fingerprint density at radius 1 is 1.44 bits per heavy atom. The van der Waals surface area contributed by atoms with Crippen molar-refractivity contribution < 1.29 is 14.3 Å². The van der Waals surface area contributed by atoms with Gasteiger partial charge in [-0.2, -0.15) is 0 Å². The zero-order valence-electron chi connectivity index (χ0n) is 7.72. The molecule has 0 heterocycles. The molecule has 0 aliphatic heterocycles. The SMILES string of the molecule is O=C([O-])[C@H]1[C@H](c2ccc(F)c(Cl)c2)C1(Cl)Cl. The molecule has 0 saturated heterocycles. The quantitative estimate of drug-likeness (QED) is 0.780. The van der Waals surface area contributed by atoms with E-state index in [-0.39, 0.29) is 5.02 Å².